The zero-order chi connectivity index (χ0) is 21.3. The first-order valence-electron chi connectivity index (χ1n) is 9.76. The van der Waals surface area contributed by atoms with Gasteiger partial charge in [0.2, 0.25) is 11.8 Å². The normalized spacial score (nSPS) is 10.9. The van der Waals surface area contributed by atoms with E-state index in [1.807, 2.05) is 53.5 Å². The molecule has 7 nitrogen and oxygen atoms in total. The summed E-state index contributed by atoms with van der Waals surface area (Å²) in [6.45, 7) is 1.51. The van der Waals surface area contributed by atoms with Crippen LogP contribution >= 0.6 is 11.3 Å². The van der Waals surface area contributed by atoms with Crippen LogP contribution in [-0.2, 0) is 40.9 Å². The summed E-state index contributed by atoms with van der Waals surface area (Å²) in [7, 11) is 3.53. The Labute approximate surface area is 180 Å². The van der Waals surface area contributed by atoms with Gasteiger partial charge < -0.3 is 23.5 Å². The summed E-state index contributed by atoms with van der Waals surface area (Å²) in [6, 6.07) is 11.4. The van der Waals surface area contributed by atoms with Crippen molar-refractivity contribution >= 4 is 23.2 Å². The summed E-state index contributed by atoms with van der Waals surface area (Å²) >= 11 is 1.54. The molecule has 0 saturated heterocycles. The van der Waals surface area contributed by atoms with Gasteiger partial charge in [0.05, 0.1) is 38.9 Å². The van der Waals surface area contributed by atoms with E-state index in [9.17, 15) is 9.59 Å². The van der Waals surface area contributed by atoms with Gasteiger partial charge in [-0.3, -0.25) is 9.59 Å². The molecule has 3 rings (SSSR count). The standard InChI is InChI=1S/C22H27N3O4S/c1-23-9-3-6-18(23)15-25(16-19-7-4-11-29-19)22(27)17-24(10-12-28-2)21(26)14-20-8-5-13-30-20/h3-9,11,13H,10,12,14-17H2,1-2H3. The topological polar surface area (TPSA) is 67.9 Å². The highest BCUT2D eigenvalue weighted by Gasteiger charge is 2.23. The second-order valence-corrected chi connectivity index (χ2v) is 8.04. The maximum absolute atomic E-state index is 13.2. The Hall–Kier alpha value is -2.84. The van der Waals surface area contributed by atoms with E-state index in [2.05, 4.69) is 0 Å². The molecule has 0 saturated carbocycles. The Morgan fingerprint density at radius 3 is 2.60 bits per heavy atom. The molecule has 3 aromatic rings. The fourth-order valence-electron chi connectivity index (χ4n) is 3.11. The average molecular weight is 430 g/mol. The molecule has 0 atom stereocenters. The number of thiophene rings is 1. The number of amides is 2. The van der Waals surface area contributed by atoms with E-state index in [4.69, 9.17) is 9.15 Å². The number of carbonyl (C=O) groups is 2. The van der Waals surface area contributed by atoms with Crippen molar-refractivity contribution in [3.8, 4) is 0 Å². The minimum absolute atomic E-state index is 0.00129. The smallest absolute Gasteiger partial charge is 0.242 e. The number of furan rings is 1. The lowest BCUT2D eigenvalue weighted by Crippen LogP contribution is -2.44. The third-order valence-corrected chi connectivity index (χ3v) is 5.71. The quantitative estimate of drug-likeness (QED) is 0.470. The van der Waals surface area contributed by atoms with E-state index >= 15 is 0 Å². The van der Waals surface area contributed by atoms with E-state index < -0.39 is 0 Å². The van der Waals surface area contributed by atoms with Crippen LogP contribution in [-0.4, -0.2) is 53.0 Å². The Balaban J connectivity index is 1.72. The first-order chi connectivity index (χ1) is 14.6. The number of methoxy groups -OCH3 is 1. The largest absolute Gasteiger partial charge is 0.467 e. The van der Waals surface area contributed by atoms with E-state index in [0.29, 0.717) is 32.0 Å². The zero-order valence-corrected chi connectivity index (χ0v) is 18.1. The summed E-state index contributed by atoms with van der Waals surface area (Å²) in [6.07, 6.45) is 3.82. The van der Waals surface area contributed by atoms with E-state index in [0.717, 1.165) is 10.6 Å². The van der Waals surface area contributed by atoms with Crippen molar-refractivity contribution in [2.45, 2.75) is 19.5 Å². The summed E-state index contributed by atoms with van der Waals surface area (Å²) in [5, 5.41) is 1.94. The second kappa shape index (κ2) is 10.8. The third-order valence-electron chi connectivity index (χ3n) is 4.83. The van der Waals surface area contributed by atoms with Crippen LogP contribution in [0.3, 0.4) is 0 Å². The van der Waals surface area contributed by atoms with Crippen molar-refractivity contribution in [3.05, 3.63) is 70.6 Å². The van der Waals surface area contributed by atoms with Gasteiger partial charge in [0.15, 0.2) is 0 Å². The van der Waals surface area contributed by atoms with Crippen LogP contribution in [0, 0.1) is 0 Å². The first-order valence-corrected chi connectivity index (χ1v) is 10.6. The molecule has 0 aliphatic carbocycles. The Morgan fingerprint density at radius 2 is 1.97 bits per heavy atom. The Kier molecular flexibility index (Phi) is 7.87. The summed E-state index contributed by atoms with van der Waals surface area (Å²) in [5.41, 5.74) is 1.00. The molecule has 0 fully saturated rings. The maximum Gasteiger partial charge on any atom is 0.242 e. The predicted octanol–water partition coefficient (Wildman–Crippen LogP) is 2.93. The lowest BCUT2D eigenvalue weighted by Gasteiger charge is -2.27. The first kappa shape index (κ1) is 21.9. The van der Waals surface area contributed by atoms with E-state index in [-0.39, 0.29) is 24.8 Å². The average Bonchev–Trinajstić information content (AvgIpc) is 3.49. The van der Waals surface area contributed by atoms with Crippen LogP contribution in [0.15, 0.2) is 58.7 Å². The van der Waals surface area contributed by atoms with Crippen LogP contribution in [0.1, 0.15) is 16.3 Å². The molecule has 0 N–H and O–H groups in total. The highest BCUT2D eigenvalue weighted by Crippen LogP contribution is 2.14. The lowest BCUT2D eigenvalue weighted by molar-refractivity contribution is -0.141. The minimum atomic E-state index is -0.136. The fourth-order valence-corrected chi connectivity index (χ4v) is 3.81. The Morgan fingerprint density at radius 1 is 1.10 bits per heavy atom. The predicted molar refractivity (Wildman–Crippen MR) is 115 cm³/mol. The summed E-state index contributed by atoms with van der Waals surface area (Å²) in [4.78, 5) is 30.3. The zero-order valence-electron chi connectivity index (χ0n) is 17.3. The van der Waals surface area contributed by atoms with Gasteiger partial charge in [0.1, 0.15) is 5.76 Å². The van der Waals surface area contributed by atoms with Gasteiger partial charge in [-0.1, -0.05) is 6.07 Å². The molecule has 3 heterocycles. The molecule has 0 bridgehead atoms. The Bertz CT molecular complexity index is 918. The molecule has 0 aliphatic heterocycles. The lowest BCUT2D eigenvalue weighted by atomic mass is 10.2. The van der Waals surface area contributed by atoms with Crippen LogP contribution in [0.2, 0.25) is 0 Å². The van der Waals surface area contributed by atoms with Crippen LogP contribution < -0.4 is 0 Å². The molecule has 0 spiro atoms. The molecule has 2 amide bonds. The second-order valence-electron chi connectivity index (χ2n) is 7.00. The number of rotatable bonds is 11. The van der Waals surface area contributed by atoms with Gasteiger partial charge in [0.25, 0.3) is 0 Å². The van der Waals surface area contributed by atoms with Gasteiger partial charge in [0, 0.05) is 37.5 Å². The van der Waals surface area contributed by atoms with Crippen LogP contribution in [0.25, 0.3) is 0 Å². The van der Waals surface area contributed by atoms with Crippen molar-refractivity contribution in [1.82, 2.24) is 14.4 Å². The van der Waals surface area contributed by atoms with Gasteiger partial charge in [-0.05, 0) is 35.7 Å². The van der Waals surface area contributed by atoms with Gasteiger partial charge in [-0.25, -0.2) is 0 Å². The molecule has 8 heteroatoms. The number of hydrogen-bond acceptors (Lipinski definition) is 5. The van der Waals surface area contributed by atoms with Gasteiger partial charge >= 0.3 is 0 Å². The number of carbonyl (C=O) groups excluding carboxylic acids is 2. The van der Waals surface area contributed by atoms with E-state index in [1.165, 1.54) is 11.3 Å². The van der Waals surface area contributed by atoms with Crippen molar-refractivity contribution in [3.63, 3.8) is 0 Å². The molecule has 30 heavy (non-hydrogen) atoms. The third kappa shape index (κ3) is 6.08. The van der Waals surface area contributed by atoms with E-state index in [1.54, 1.807) is 29.2 Å². The number of ether oxygens (including phenoxy) is 1. The molecular formula is C22H27N3O4S. The maximum atomic E-state index is 13.2. The summed E-state index contributed by atoms with van der Waals surface area (Å²) in [5.74, 6) is 0.480. The minimum Gasteiger partial charge on any atom is -0.467 e. The SMILES string of the molecule is COCCN(CC(=O)N(Cc1ccco1)Cc1cccn1C)C(=O)Cc1cccs1. The monoisotopic (exact) mass is 429 g/mol. The van der Waals surface area contributed by atoms with Crippen molar-refractivity contribution in [2.75, 3.05) is 26.8 Å². The number of aromatic nitrogens is 1. The van der Waals surface area contributed by atoms with Crippen molar-refractivity contribution in [2.24, 2.45) is 7.05 Å². The molecular weight excluding hydrogens is 402 g/mol. The molecule has 0 aromatic carbocycles. The van der Waals surface area contributed by atoms with Crippen molar-refractivity contribution in [1.29, 1.82) is 0 Å². The van der Waals surface area contributed by atoms with Crippen LogP contribution in [0.5, 0.6) is 0 Å². The molecule has 0 unspecified atom stereocenters. The highest BCUT2D eigenvalue weighted by atomic mass is 32.1. The number of aryl methyl sites for hydroxylation is 1. The number of hydrogen-bond donors (Lipinski definition) is 0. The molecule has 0 aliphatic rings. The van der Waals surface area contributed by atoms with Crippen LogP contribution in [0.4, 0.5) is 0 Å². The highest BCUT2D eigenvalue weighted by molar-refractivity contribution is 7.10. The molecule has 0 radical (unpaired) electrons. The number of nitrogens with zero attached hydrogens (tertiary/aromatic N) is 3. The van der Waals surface area contributed by atoms with Gasteiger partial charge in [-0.15, -0.1) is 11.3 Å². The molecule has 3 aromatic heterocycles. The summed E-state index contributed by atoms with van der Waals surface area (Å²) < 4.78 is 12.6. The molecule has 160 valence electrons. The van der Waals surface area contributed by atoms with Gasteiger partial charge in [-0.2, -0.15) is 0 Å². The van der Waals surface area contributed by atoms with Crippen molar-refractivity contribution < 1.29 is 18.7 Å². The fraction of sp³-hybridized carbons (Fsp3) is 0.364.